The Balaban J connectivity index is 2.11. The standard InChI is InChI=1S/C19H23N5/c1-24(2)14-7-5-13(6-8-14)17-12-18-15(4-3-11-22-18)19(23-17)16(21)9-10-20/h3-8,11-12,16H,9-10,20-21H2,1-2H3. The SMILES string of the molecule is CN(C)c1ccc(-c2cc3ncccc3c(C(N)CCN)n2)cc1. The molecule has 0 saturated carbocycles. The van der Waals surface area contributed by atoms with Gasteiger partial charge >= 0.3 is 0 Å². The van der Waals surface area contributed by atoms with E-state index in [1.165, 1.54) is 0 Å². The molecule has 2 heterocycles. The Morgan fingerprint density at radius 3 is 2.54 bits per heavy atom. The summed E-state index contributed by atoms with van der Waals surface area (Å²) in [4.78, 5) is 11.4. The van der Waals surface area contributed by atoms with Gasteiger partial charge in [-0.3, -0.25) is 9.97 Å². The van der Waals surface area contributed by atoms with Gasteiger partial charge in [0.2, 0.25) is 0 Å². The number of hydrogen-bond donors (Lipinski definition) is 2. The van der Waals surface area contributed by atoms with Crippen LogP contribution in [0.4, 0.5) is 5.69 Å². The number of nitrogens with zero attached hydrogens (tertiary/aromatic N) is 3. The first kappa shape index (κ1) is 16.4. The summed E-state index contributed by atoms with van der Waals surface area (Å²) >= 11 is 0. The summed E-state index contributed by atoms with van der Waals surface area (Å²) in [5.41, 5.74) is 16.8. The minimum absolute atomic E-state index is 0.192. The van der Waals surface area contributed by atoms with Gasteiger partial charge in [0, 0.05) is 43.0 Å². The molecule has 0 radical (unpaired) electrons. The number of nitrogens with two attached hydrogens (primary N) is 2. The summed E-state index contributed by atoms with van der Waals surface area (Å²) in [7, 11) is 4.05. The fourth-order valence-electron chi connectivity index (χ4n) is 2.78. The molecule has 1 unspecified atom stereocenters. The van der Waals surface area contributed by atoms with Gasteiger partial charge < -0.3 is 16.4 Å². The lowest BCUT2D eigenvalue weighted by atomic mass is 10.0. The Kier molecular flexibility index (Phi) is 4.74. The molecule has 0 bridgehead atoms. The average molecular weight is 321 g/mol. The predicted octanol–water partition coefficient (Wildman–Crippen LogP) is 2.71. The summed E-state index contributed by atoms with van der Waals surface area (Å²) in [6.07, 6.45) is 2.49. The fraction of sp³-hybridized carbons (Fsp3) is 0.263. The van der Waals surface area contributed by atoms with E-state index in [1.54, 1.807) is 6.20 Å². The third-order valence-electron chi connectivity index (χ3n) is 4.14. The zero-order valence-corrected chi connectivity index (χ0v) is 14.1. The van der Waals surface area contributed by atoms with Crippen LogP contribution in [0.1, 0.15) is 18.2 Å². The average Bonchev–Trinajstić information content (AvgIpc) is 2.61. The second kappa shape index (κ2) is 6.95. The fourth-order valence-corrected chi connectivity index (χ4v) is 2.78. The largest absolute Gasteiger partial charge is 0.378 e. The van der Waals surface area contributed by atoms with E-state index in [4.69, 9.17) is 16.5 Å². The van der Waals surface area contributed by atoms with Crippen LogP contribution >= 0.6 is 0 Å². The zero-order chi connectivity index (χ0) is 17.1. The van der Waals surface area contributed by atoms with Crippen LogP contribution in [0.15, 0.2) is 48.7 Å². The van der Waals surface area contributed by atoms with E-state index in [9.17, 15) is 0 Å². The molecular weight excluding hydrogens is 298 g/mol. The molecule has 5 heteroatoms. The van der Waals surface area contributed by atoms with E-state index in [2.05, 4.69) is 34.1 Å². The van der Waals surface area contributed by atoms with Crippen molar-refractivity contribution in [2.45, 2.75) is 12.5 Å². The topological polar surface area (TPSA) is 81.1 Å². The molecule has 5 nitrogen and oxygen atoms in total. The maximum Gasteiger partial charge on any atom is 0.0742 e. The highest BCUT2D eigenvalue weighted by atomic mass is 15.1. The maximum absolute atomic E-state index is 6.31. The number of hydrogen-bond acceptors (Lipinski definition) is 5. The minimum Gasteiger partial charge on any atom is -0.378 e. The molecule has 0 amide bonds. The second-order valence-electron chi connectivity index (χ2n) is 6.09. The summed E-state index contributed by atoms with van der Waals surface area (Å²) < 4.78 is 0. The molecule has 0 spiro atoms. The number of benzene rings is 1. The van der Waals surface area contributed by atoms with Crippen molar-refractivity contribution in [2.75, 3.05) is 25.5 Å². The van der Waals surface area contributed by atoms with Crippen molar-refractivity contribution in [1.82, 2.24) is 9.97 Å². The first-order valence-electron chi connectivity index (χ1n) is 8.09. The highest BCUT2D eigenvalue weighted by Gasteiger charge is 2.14. The van der Waals surface area contributed by atoms with Crippen molar-refractivity contribution in [3.05, 3.63) is 54.4 Å². The molecule has 0 aliphatic rings. The first-order chi connectivity index (χ1) is 11.6. The zero-order valence-electron chi connectivity index (χ0n) is 14.1. The monoisotopic (exact) mass is 321 g/mol. The van der Waals surface area contributed by atoms with Gasteiger partial charge in [0.25, 0.3) is 0 Å². The van der Waals surface area contributed by atoms with Crippen molar-refractivity contribution < 1.29 is 0 Å². The van der Waals surface area contributed by atoms with Crippen molar-refractivity contribution in [3.8, 4) is 11.3 Å². The van der Waals surface area contributed by atoms with Crippen LogP contribution in [0.2, 0.25) is 0 Å². The van der Waals surface area contributed by atoms with Crippen molar-refractivity contribution in [3.63, 3.8) is 0 Å². The molecule has 0 fully saturated rings. The molecule has 1 atom stereocenters. The van der Waals surface area contributed by atoms with E-state index < -0.39 is 0 Å². The van der Waals surface area contributed by atoms with Crippen LogP contribution in [0.25, 0.3) is 22.2 Å². The Hall–Kier alpha value is -2.50. The number of rotatable bonds is 5. The minimum atomic E-state index is -0.192. The van der Waals surface area contributed by atoms with Crippen LogP contribution in [0, 0.1) is 0 Å². The van der Waals surface area contributed by atoms with Gasteiger partial charge in [-0.15, -0.1) is 0 Å². The first-order valence-corrected chi connectivity index (χ1v) is 8.09. The molecule has 0 aliphatic heterocycles. The normalized spacial score (nSPS) is 12.3. The van der Waals surface area contributed by atoms with E-state index >= 15 is 0 Å². The Morgan fingerprint density at radius 2 is 1.88 bits per heavy atom. The lowest BCUT2D eigenvalue weighted by molar-refractivity contribution is 0.649. The third-order valence-corrected chi connectivity index (χ3v) is 4.14. The number of fused-ring (bicyclic) bond motifs is 1. The number of aromatic nitrogens is 2. The van der Waals surface area contributed by atoms with Gasteiger partial charge in [-0.05, 0) is 43.3 Å². The van der Waals surface area contributed by atoms with Crippen molar-refractivity contribution in [2.24, 2.45) is 11.5 Å². The van der Waals surface area contributed by atoms with Gasteiger partial charge in [0.05, 0.1) is 16.9 Å². The molecule has 3 rings (SSSR count). The summed E-state index contributed by atoms with van der Waals surface area (Å²) in [5.74, 6) is 0. The van der Waals surface area contributed by atoms with Crippen LogP contribution in [0.3, 0.4) is 0 Å². The summed E-state index contributed by atoms with van der Waals surface area (Å²) in [6.45, 7) is 0.534. The van der Waals surface area contributed by atoms with Gasteiger partial charge in [0.1, 0.15) is 0 Å². The van der Waals surface area contributed by atoms with Gasteiger partial charge in [-0.2, -0.15) is 0 Å². The molecule has 0 saturated heterocycles. The molecule has 2 aromatic heterocycles. The Bertz CT molecular complexity index is 827. The molecule has 4 N–H and O–H groups in total. The van der Waals surface area contributed by atoms with Crippen LogP contribution in [0.5, 0.6) is 0 Å². The van der Waals surface area contributed by atoms with Crippen LogP contribution < -0.4 is 16.4 Å². The van der Waals surface area contributed by atoms with Gasteiger partial charge in [0.15, 0.2) is 0 Å². The molecule has 1 aromatic carbocycles. The maximum atomic E-state index is 6.31. The molecular formula is C19H23N5. The third kappa shape index (κ3) is 3.22. The van der Waals surface area contributed by atoms with E-state index in [1.807, 2.05) is 32.3 Å². The van der Waals surface area contributed by atoms with Gasteiger partial charge in [-0.1, -0.05) is 12.1 Å². The van der Waals surface area contributed by atoms with E-state index in [-0.39, 0.29) is 6.04 Å². The van der Waals surface area contributed by atoms with Crippen LogP contribution in [-0.4, -0.2) is 30.6 Å². The summed E-state index contributed by atoms with van der Waals surface area (Å²) in [6, 6.07) is 14.1. The van der Waals surface area contributed by atoms with E-state index in [0.717, 1.165) is 33.5 Å². The van der Waals surface area contributed by atoms with Crippen molar-refractivity contribution >= 4 is 16.6 Å². The van der Waals surface area contributed by atoms with Gasteiger partial charge in [-0.25, -0.2) is 0 Å². The highest BCUT2D eigenvalue weighted by molar-refractivity contribution is 5.85. The number of anilines is 1. The Labute approximate surface area is 142 Å². The highest BCUT2D eigenvalue weighted by Crippen LogP contribution is 2.28. The van der Waals surface area contributed by atoms with Crippen molar-refractivity contribution in [1.29, 1.82) is 0 Å². The smallest absolute Gasteiger partial charge is 0.0742 e. The molecule has 3 aromatic rings. The molecule has 124 valence electrons. The summed E-state index contributed by atoms with van der Waals surface area (Å²) in [5, 5.41) is 0.993. The van der Waals surface area contributed by atoms with Crippen LogP contribution in [-0.2, 0) is 0 Å². The lowest BCUT2D eigenvalue weighted by Crippen LogP contribution is -2.17. The second-order valence-corrected chi connectivity index (χ2v) is 6.09. The quantitative estimate of drug-likeness (QED) is 0.755. The molecule has 24 heavy (non-hydrogen) atoms. The Morgan fingerprint density at radius 1 is 1.12 bits per heavy atom. The predicted molar refractivity (Wildman–Crippen MR) is 99.9 cm³/mol. The molecule has 0 aliphatic carbocycles. The number of pyridine rings is 2. The lowest BCUT2D eigenvalue weighted by Gasteiger charge is -2.16. The van der Waals surface area contributed by atoms with E-state index in [0.29, 0.717) is 13.0 Å².